The minimum Gasteiger partial charge on any atom is -0.314 e. The SMILES string of the molecule is CCCCCCCCCCCCCNC1CCN(C)CC1. The molecular formula is C19H40N2. The van der Waals surface area contributed by atoms with Crippen LogP contribution in [0.5, 0.6) is 0 Å². The molecule has 21 heavy (non-hydrogen) atoms. The van der Waals surface area contributed by atoms with Crippen molar-refractivity contribution in [2.24, 2.45) is 0 Å². The molecule has 0 aromatic rings. The van der Waals surface area contributed by atoms with Crippen molar-refractivity contribution in [3.63, 3.8) is 0 Å². The molecule has 1 aliphatic heterocycles. The Bertz CT molecular complexity index is 210. The Morgan fingerprint density at radius 2 is 1.24 bits per heavy atom. The summed E-state index contributed by atoms with van der Waals surface area (Å²) in [6.45, 7) is 6.08. The maximum atomic E-state index is 3.75. The van der Waals surface area contributed by atoms with E-state index in [1.807, 2.05) is 0 Å². The minimum atomic E-state index is 0.796. The summed E-state index contributed by atoms with van der Waals surface area (Å²) in [6.07, 6.45) is 18.5. The molecule has 0 aromatic heterocycles. The van der Waals surface area contributed by atoms with Gasteiger partial charge >= 0.3 is 0 Å². The Kier molecular flexibility index (Phi) is 12.3. The van der Waals surface area contributed by atoms with Crippen LogP contribution in [0.15, 0.2) is 0 Å². The third-order valence-electron chi connectivity index (χ3n) is 4.93. The molecule has 1 heterocycles. The van der Waals surface area contributed by atoms with E-state index in [9.17, 15) is 0 Å². The second-order valence-corrected chi connectivity index (χ2v) is 7.07. The van der Waals surface area contributed by atoms with Crippen LogP contribution in [-0.2, 0) is 0 Å². The predicted molar refractivity (Wildman–Crippen MR) is 95.0 cm³/mol. The van der Waals surface area contributed by atoms with Gasteiger partial charge in [-0.15, -0.1) is 0 Å². The fourth-order valence-electron chi connectivity index (χ4n) is 3.31. The highest BCUT2D eigenvalue weighted by atomic mass is 15.1. The molecule has 0 aromatic carbocycles. The molecular weight excluding hydrogens is 256 g/mol. The fraction of sp³-hybridized carbons (Fsp3) is 1.00. The van der Waals surface area contributed by atoms with Crippen LogP contribution in [0.2, 0.25) is 0 Å². The molecule has 0 spiro atoms. The van der Waals surface area contributed by atoms with E-state index in [-0.39, 0.29) is 0 Å². The Morgan fingerprint density at radius 1 is 0.762 bits per heavy atom. The highest BCUT2D eigenvalue weighted by Crippen LogP contribution is 2.12. The van der Waals surface area contributed by atoms with Gasteiger partial charge in [-0.3, -0.25) is 0 Å². The smallest absolute Gasteiger partial charge is 0.00914 e. The van der Waals surface area contributed by atoms with Gasteiger partial charge in [0.25, 0.3) is 0 Å². The maximum Gasteiger partial charge on any atom is 0.00914 e. The Labute approximate surface area is 134 Å². The van der Waals surface area contributed by atoms with Crippen molar-refractivity contribution >= 4 is 0 Å². The lowest BCUT2D eigenvalue weighted by molar-refractivity contribution is 0.234. The van der Waals surface area contributed by atoms with Crippen molar-refractivity contribution in [2.45, 2.75) is 96.4 Å². The molecule has 0 radical (unpaired) electrons. The van der Waals surface area contributed by atoms with Crippen LogP contribution in [0.4, 0.5) is 0 Å². The minimum absolute atomic E-state index is 0.796. The van der Waals surface area contributed by atoms with Gasteiger partial charge in [0.15, 0.2) is 0 Å². The lowest BCUT2D eigenvalue weighted by Crippen LogP contribution is -2.41. The first-order valence-electron chi connectivity index (χ1n) is 9.75. The highest BCUT2D eigenvalue weighted by Gasteiger charge is 2.15. The zero-order valence-corrected chi connectivity index (χ0v) is 14.8. The van der Waals surface area contributed by atoms with Crippen LogP contribution in [-0.4, -0.2) is 37.6 Å². The number of unbranched alkanes of at least 4 members (excludes halogenated alkanes) is 10. The first-order chi connectivity index (χ1) is 10.3. The number of piperidine rings is 1. The van der Waals surface area contributed by atoms with E-state index in [0.717, 1.165) is 6.04 Å². The molecule has 0 amide bonds. The number of nitrogens with zero attached hydrogens (tertiary/aromatic N) is 1. The zero-order valence-electron chi connectivity index (χ0n) is 14.8. The van der Waals surface area contributed by atoms with Gasteiger partial charge in [0, 0.05) is 6.04 Å². The number of hydrogen-bond acceptors (Lipinski definition) is 2. The Hall–Kier alpha value is -0.0800. The molecule has 1 aliphatic rings. The molecule has 2 heteroatoms. The standard InChI is InChI=1S/C19H40N2/c1-3-4-5-6-7-8-9-10-11-12-13-16-20-19-14-17-21(2)18-15-19/h19-20H,3-18H2,1-2H3. The summed E-state index contributed by atoms with van der Waals surface area (Å²) in [7, 11) is 2.24. The number of nitrogens with one attached hydrogen (secondary N) is 1. The topological polar surface area (TPSA) is 15.3 Å². The lowest BCUT2D eigenvalue weighted by Gasteiger charge is -2.29. The van der Waals surface area contributed by atoms with Crippen LogP contribution < -0.4 is 5.32 Å². The van der Waals surface area contributed by atoms with Crippen molar-refractivity contribution in [2.75, 3.05) is 26.7 Å². The van der Waals surface area contributed by atoms with Gasteiger partial charge in [-0.1, -0.05) is 71.1 Å². The molecule has 1 N–H and O–H groups in total. The van der Waals surface area contributed by atoms with Crippen molar-refractivity contribution in [1.82, 2.24) is 10.2 Å². The normalized spacial score (nSPS) is 17.4. The van der Waals surface area contributed by atoms with Gasteiger partial charge in [-0.25, -0.2) is 0 Å². The number of rotatable bonds is 13. The molecule has 1 saturated heterocycles. The predicted octanol–water partition coefficient (Wildman–Crippen LogP) is 4.98. The molecule has 126 valence electrons. The number of hydrogen-bond donors (Lipinski definition) is 1. The van der Waals surface area contributed by atoms with Gasteiger partial charge in [-0.2, -0.15) is 0 Å². The average Bonchev–Trinajstić information content (AvgIpc) is 2.50. The summed E-state index contributed by atoms with van der Waals surface area (Å²) in [5.41, 5.74) is 0. The van der Waals surface area contributed by atoms with Crippen LogP contribution in [0.25, 0.3) is 0 Å². The van der Waals surface area contributed by atoms with E-state index in [4.69, 9.17) is 0 Å². The van der Waals surface area contributed by atoms with Gasteiger partial charge in [0.05, 0.1) is 0 Å². The molecule has 2 nitrogen and oxygen atoms in total. The van der Waals surface area contributed by atoms with E-state index in [1.165, 1.54) is 103 Å². The molecule has 1 fully saturated rings. The fourth-order valence-corrected chi connectivity index (χ4v) is 3.31. The zero-order chi connectivity index (χ0) is 15.2. The average molecular weight is 297 g/mol. The third kappa shape index (κ3) is 11.2. The van der Waals surface area contributed by atoms with Crippen LogP contribution in [0.1, 0.15) is 90.4 Å². The quantitative estimate of drug-likeness (QED) is 0.482. The summed E-state index contributed by atoms with van der Waals surface area (Å²) in [5, 5.41) is 3.75. The molecule has 0 bridgehead atoms. The summed E-state index contributed by atoms with van der Waals surface area (Å²) >= 11 is 0. The Balaban J connectivity index is 1.73. The van der Waals surface area contributed by atoms with E-state index >= 15 is 0 Å². The van der Waals surface area contributed by atoms with Crippen molar-refractivity contribution < 1.29 is 0 Å². The summed E-state index contributed by atoms with van der Waals surface area (Å²) < 4.78 is 0. The van der Waals surface area contributed by atoms with Crippen LogP contribution >= 0.6 is 0 Å². The lowest BCUT2D eigenvalue weighted by atomic mass is 10.0. The van der Waals surface area contributed by atoms with Gasteiger partial charge in [0.1, 0.15) is 0 Å². The highest BCUT2D eigenvalue weighted by molar-refractivity contribution is 4.75. The molecule has 0 saturated carbocycles. The molecule has 0 atom stereocenters. The Morgan fingerprint density at radius 3 is 1.76 bits per heavy atom. The summed E-state index contributed by atoms with van der Waals surface area (Å²) in [5.74, 6) is 0. The second-order valence-electron chi connectivity index (χ2n) is 7.07. The van der Waals surface area contributed by atoms with Crippen molar-refractivity contribution in [3.8, 4) is 0 Å². The van der Waals surface area contributed by atoms with Gasteiger partial charge < -0.3 is 10.2 Å². The van der Waals surface area contributed by atoms with Crippen LogP contribution in [0.3, 0.4) is 0 Å². The third-order valence-corrected chi connectivity index (χ3v) is 4.93. The maximum absolute atomic E-state index is 3.75. The van der Waals surface area contributed by atoms with Crippen LogP contribution in [0, 0.1) is 0 Å². The van der Waals surface area contributed by atoms with Gasteiger partial charge in [0.2, 0.25) is 0 Å². The van der Waals surface area contributed by atoms with Crippen molar-refractivity contribution in [1.29, 1.82) is 0 Å². The van der Waals surface area contributed by atoms with Gasteiger partial charge in [-0.05, 0) is 45.9 Å². The largest absolute Gasteiger partial charge is 0.314 e. The first-order valence-corrected chi connectivity index (χ1v) is 9.75. The van der Waals surface area contributed by atoms with E-state index in [0.29, 0.717) is 0 Å². The first kappa shape index (κ1) is 19.0. The molecule has 0 unspecified atom stereocenters. The van der Waals surface area contributed by atoms with E-state index < -0.39 is 0 Å². The molecule has 0 aliphatic carbocycles. The summed E-state index contributed by atoms with van der Waals surface area (Å²) in [4.78, 5) is 2.44. The van der Waals surface area contributed by atoms with E-state index in [2.05, 4.69) is 24.2 Å². The number of likely N-dealkylation sites (tertiary alicyclic amines) is 1. The molecule has 1 rings (SSSR count). The monoisotopic (exact) mass is 296 g/mol. The summed E-state index contributed by atoms with van der Waals surface area (Å²) in [6, 6.07) is 0.796. The van der Waals surface area contributed by atoms with Crippen molar-refractivity contribution in [3.05, 3.63) is 0 Å². The van der Waals surface area contributed by atoms with E-state index in [1.54, 1.807) is 0 Å². The second kappa shape index (κ2) is 13.6.